The molecule has 12 nitrogen and oxygen atoms in total. The molecule has 6 rings (SSSR count). The predicted octanol–water partition coefficient (Wildman–Crippen LogP) is 7.70. The number of nitrogens with zero attached hydrogens (tertiary/aromatic N) is 5. The van der Waals surface area contributed by atoms with E-state index in [2.05, 4.69) is 20.5 Å². The van der Waals surface area contributed by atoms with E-state index >= 15 is 0 Å². The Hall–Kier alpha value is -5.02. The van der Waals surface area contributed by atoms with Crippen molar-refractivity contribution in [2.24, 2.45) is 20.5 Å². The summed E-state index contributed by atoms with van der Waals surface area (Å²) >= 11 is 0. The zero-order chi connectivity index (χ0) is 31.9. The highest BCUT2D eigenvalue weighted by molar-refractivity contribution is 7.86. The van der Waals surface area contributed by atoms with E-state index < -0.39 is 36.6 Å². The van der Waals surface area contributed by atoms with E-state index in [1.165, 1.54) is 12.1 Å². The Labute approximate surface area is 258 Å². The predicted molar refractivity (Wildman–Crippen MR) is 168 cm³/mol. The minimum absolute atomic E-state index is 0.173. The minimum atomic E-state index is -4.84. The number of phenols is 1. The number of aryl methyl sites for hydroxylation is 1. The van der Waals surface area contributed by atoms with Gasteiger partial charge in [0, 0.05) is 24.2 Å². The molecule has 0 amide bonds. The van der Waals surface area contributed by atoms with Crippen LogP contribution in [-0.4, -0.2) is 31.0 Å². The van der Waals surface area contributed by atoms with E-state index in [1.807, 2.05) is 36.1 Å². The number of azo groups is 2. The quantitative estimate of drug-likeness (QED) is 0.119. The molecule has 0 aliphatic carbocycles. The number of rotatable bonds is 7. The van der Waals surface area contributed by atoms with Gasteiger partial charge in [0.2, 0.25) is 0 Å². The SMILES string of the molecule is Cc1ccc(N=Nc2ccc(N=Nc3c(S(=O)(=O)O)cc4cc(N5Cc6cccc(S(=O)(=O)O)c6C5)ccc4c3O)cc2)cc1. The molecular weight excluding hydrogens is 619 g/mol. The molecule has 0 unspecified atom stereocenters. The zero-order valence-corrected chi connectivity index (χ0v) is 25.2. The van der Waals surface area contributed by atoms with Crippen LogP contribution in [0.5, 0.6) is 5.75 Å². The molecule has 5 aromatic rings. The average molecular weight is 644 g/mol. The maximum absolute atomic E-state index is 12.4. The number of hydrogen-bond donors (Lipinski definition) is 3. The van der Waals surface area contributed by atoms with Crippen LogP contribution in [-0.2, 0) is 33.3 Å². The molecule has 0 radical (unpaired) electrons. The summed E-state index contributed by atoms with van der Waals surface area (Å²) < 4.78 is 68.1. The van der Waals surface area contributed by atoms with Crippen molar-refractivity contribution in [1.29, 1.82) is 0 Å². The number of aromatic hydroxyl groups is 1. The van der Waals surface area contributed by atoms with Gasteiger partial charge in [-0.25, -0.2) is 0 Å². The normalized spacial score (nSPS) is 13.7. The van der Waals surface area contributed by atoms with Crippen LogP contribution < -0.4 is 4.90 Å². The first-order valence-electron chi connectivity index (χ1n) is 13.5. The molecule has 1 aliphatic rings. The summed E-state index contributed by atoms with van der Waals surface area (Å²) in [5.41, 5.74) is 4.01. The summed E-state index contributed by atoms with van der Waals surface area (Å²) in [7, 11) is -9.27. The fraction of sp³-hybridized carbons (Fsp3) is 0.0968. The van der Waals surface area contributed by atoms with Crippen molar-refractivity contribution in [1.82, 2.24) is 0 Å². The van der Waals surface area contributed by atoms with Crippen molar-refractivity contribution in [2.45, 2.75) is 29.8 Å². The van der Waals surface area contributed by atoms with Crippen LogP contribution in [0.3, 0.4) is 0 Å². The van der Waals surface area contributed by atoms with E-state index in [-0.39, 0.29) is 22.2 Å². The molecular formula is C31H25N5O7S2. The standard InChI is InChI=1S/C31H25N5O7S2/c1-19-5-7-22(8-6-19)32-33-23-9-11-24(12-10-23)34-35-30-29(45(41,42)43)16-21-15-25(13-14-26(21)31(30)37)36-17-20-3-2-4-28(27(20)18-36)44(38,39)40/h2-16,37H,17-18H2,1H3,(H,38,39,40)(H,41,42,43). The van der Waals surface area contributed by atoms with Crippen LogP contribution in [0.4, 0.5) is 28.4 Å². The Morgan fingerprint density at radius 3 is 1.84 bits per heavy atom. The zero-order valence-electron chi connectivity index (χ0n) is 23.6. The van der Waals surface area contributed by atoms with Gasteiger partial charge in [-0.15, -0.1) is 5.11 Å². The van der Waals surface area contributed by atoms with Crippen LogP contribution in [0.1, 0.15) is 16.7 Å². The van der Waals surface area contributed by atoms with Crippen molar-refractivity contribution in [3.63, 3.8) is 0 Å². The largest absolute Gasteiger partial charge is 0.505 e. The van der Waals surface area contributed by atoms with Gasteiger partial charge in [-0.05, 0) is 90.2 Å². The first kappa shape index (κ1) is 30.0. The first-order chi connectivity index (χ1) is 21.4. The molecule has 0 atom stereocenters. The van der Waals surface area contributed by atoms with Crippen molar-refractivity contribution >= 4 is 59.4 Å². The van der Waals surface area contributed by atoms with E-state index in [0.29, 0.717) is 40.4 Å². The van der Waals surface area contributed by atoms with Crippen molar-refractivity contribution in [2.75, 3.05) is 4.90 Å². The highest BCUT2D eigenvalue weighted by Gasteiger charge is 2.27. The van der Waals surface area contributed by atoms with Crippen LogP contribution in [0.2, 0.25) is 0 Å². The molecule has 1 heterocycles. The lowest BCUT2D eigenvalue weighted by atomic mass is 10.1. The molecule has 0 spiro atoms. The van der Waals surface area contributed by atoms with Gasteiger partial charge < -0.3 is 10.0 Å². The van der Waals surface area contributed by atoms with Gasteiger partial charge >= 0.3 is 0 Å². The lowest BCUT2D eigenvalue weighted by molar-refractivity contribution is 0.472. The number of benzene rings is 5. The van der Waals surface area contributed by atoms with Gasteiger partial charge in [0.05, 0.1) is 22.0 Å². The monoisotopic (exact) mass is 643 g/mol. The second-order valence-corrected chi connectivity index (χ2v) is 13.2. The van der Waals surface area contributed by atoms with Gasteiger partial charge in [-0.2, -0.15) is 32.2 Å². The van der Waals surface area contributed by atoms with Gasteiger partial charge in [-0.3, -0.25) is 9.11 Å². The summed E-state index contributed by atoms with van der Waals surface area (Å²) in [5.74, 6) is -0.502. The Morgan fingerprint density at radius 2 is 1.24 bits per heavy atom. The van der Waals surface area contributed by atoms with E-state index in [4.69, 9.17) is 0 Å². The number of anilines is 1. The maximum Gasteiger partial charge on any atom is 0.296 e. The lowest BCUT2D eigenvalue weighted by Gasteiger charge is -2.19. The molecule has 45 heavy (non-hydrogen) atoms. The molecule has 0 saturated heterocycles. The fourth-order valence-electron chi connectivity index (χ4n) is 5.06. The third kappa shape index (κ3) is 6.30. The number of phenolic OH excluding ortho intramolecular Hbond substituents is 1. The average Bonchev–Trinajstić information content (AvgIpc) is 3.44. The third-order valence-electron chi connectivity index (χ3n) is 7.33. The molecule has 0 fully saturated rings. The Balaban J connectivity index is 1.29. The maximum atomic E-state index is 12.4. The van der Waals surface area contributed by atoms with E-state index in [1.54, 1.807) is 54.6 Å². The van der Waals surface area contributed by atoms with Crippen molar-refractivity contribution in [3.8, 4) is 5.75 Å². The minimum Gasteiger partial charge on any atom is -0.505 e. The van der Waals surface area contributed by atoms with Crippen LogP contribution in [0, 0.1) is 6.92 Å². The number of hydrogen-bond acceptors (Lipinski definition) is 10. The Bertz CT molecular complexity index is 2240. The van der Waals surface area contributed by atoms with Crippen molar-refractivity contribution in [3.05, 3.63) is 108 Å². The topological polar surface area (TPSA) is 182 Å². The number of fused-ring (bicyclic) bond motifs is 2. The summed E-state index contributed by atoms with van der Waals surface area (Å²) in [6.07, 6.45) is 0. The van der Waals surface area contributed by atoms with E-state index in [9.17, 15) is 31.0 Å². The second kappa shape index (κ2) is 11.5. The summed E-state index contributed by atoms with van der Waals surface area (Å²) in [6, 6.07) is 24.7. The lowest BCUT2D eigenvalue weighted by Crippen LogP contribution is -2.14. The van der Waals surface area contributed by atoms with Crippen LogP contribution in [0.15, 0.2) is 121 Å². The summed E-state index contributed by atoms with van der Waals surface area (Å²) in [6.45, 7) is 2.48. The molecule has 0 bridgehead atoms. The first-order valence-corrected chi connectivity index (χ1v) is 16.4. The molecule has 14 heteroatoms. The highest BCUT2D eigenvalue weighted by atomic mass is 32.2. The molecule has 3 N–H and O–H groups in total. The molecule has 5 aromatic carbocycles. The third-order valence-corrected chi connectivity index (χ3v) is 9.13. The van der Waals surface area contributed by atoms with Gasteiger partial charge in [0.1, 0.15) is 10.6 Å². The Kier molecular flexibility index (Phi) is 7.66. The second-order valence-electron chi connectivity index (χ2n) is 10.4. The smallest absolute Gasteiger partial charge is 0.296 e. The Morgan fingerprint density at radius 1 is 0.667 bits per heavy atom. The molecule has 228 valence electrons. The molecule has 1 aliphatic heterocycles. The molecule has 0 saturated carbocycles. The summed E-state index contributed by atoms with van der Waals surface area (Å²) in [5, 5.41) is 28.0. The van der Waals surface area contributed by atoms with Gasteiger partial charge in [0.15, 0.2) is 5.75 Å². The van der Waals surface area contributed by atoms with Crippen molar-refractivity contribution < 1.29 is 31.0 Å². The summed E-state index contributed by atoms with van der Waals surface area (Å²) in [4.78, 5) is 1.02. The molecule has 0 aromatic heterocycles. The van der Waals surface area contributed by atoms with Gasteiger partial charge in [-0.1, -0.05) is 29.8 Å². The fourth-order valence-corrected chi connectivity index (χ4v) is 6.48. The van der Waals surface area contributed by atoms with E-state index in [0.717, 1.165) is 5.56 Å². The highest BCUT2D eigenvalue weighted by Crippen LogP contribution is 2.43. The van der Waals surface area contributed by atoms with Crippen LogP contribution >= 0.6 is 0 Å². The van der Waals surface area contributed by atoms with Crippen LogP contribution in [0.25, 0.3) is 10.8 Å². The van der Waals surface area contributed by atoms with Gasteiger partial charge in [0.25, 0.3) is 20.2 Å².